The van der Waals surface area contributed by atoms with Gasteiger partial charge in [0.2, 0.25) is 0 Å². The fourth-order valence-electron chi connectivity index (χ4n) is 3.19. The van der Waals surface area contributed by atoms with Gasteiger partial charge in [0.05, 0.1) is 19.8 Å². The Morgan fingerprint density at radius 3 is 1.82 bits per heavy atom. The van der Waals surface area contributed by atoms with Crippen LogP contribution in [-0.4, -0.2) is 134 Å². The highest BCUT2D eigenvalue weighted by molar-refractivity contribution is 4.90. The van der Waals surface area contributed by atoms with Crippen molar-refractivity contribution in [2.45, 2.75) is 73.8 Å². The molecule has 0 spiro atoms. The molecule has 1 unspecified atom stereocenters. The van der Waals surface area contributed by atoms with Crippen molar-refractivity contribution < 1.29 is 64.5 Å². The number of aliphatic hydroxyl groups is 8. The molecule has 0 aliphatic carbocycles. The fraction of sp³-hybridized carbons (Fsp3) is 1.00. The van der Waals surface area contributed by atoms with E-state index in [0.717, 1.165) is 0 Å². The molecule has 8 N–H and O–H groups in total. The minimum Gasteiger partial charge on any atom is -0.388 e. The summed E-state index contributed by atoms with van der Waals surface area (Å²) in [6.07, 6.45) is -17.5. The number of hydrogen-bond donors (Lipinski definition) is 8. The van der Waals surface area contributed by atoms with E-state index in [0.29, 0.717) is 0 Å². The van der Waals surface area contributed by atoms with Gasteiger partial charge in [-0.2, -0.15) is 0 Å². The molecule has 3 heterocycles. The molecule has 0 aromatic heterocycles. The average Bonchev–Trinajstić information content (AvgIpc) is 2.67. The van der Waals surface area contributed by atoms with Crippen molar-refractivity contribution in [3.8, 4) is 0 Å². The molecule has 3 aliphatic rings. The van der Waals surface area contributed by atoms with Crippen LogP contribution in [0.1, 0.15) is 0 Å². The van der Waals surface area contributed by atoms with Crippen LogP contribution in [0.25, 0.3) is 0 Å². The lowest BCUT2D eigenvalue weighted by atomic mass is 10.0. The Balaban J connectivity index is 1.62. The van der Waals surface area contributed by atoms with Gasteiger partial charge < -0.3 is 64.5 Å². The number of rotatable bonds is 4. The van der Waals surface area contributed by atoms with Crippen molar-refractivity contribution in [1.82, 2.24) is 0 Å². The van der Waals surface area contributed by atoms with Crippen LogP contribution in [0.5, 0.6) is 0 Å². The quantitative estimate of drug-likeness (QED) is 0.216. The van der Waals surface area contributed by atoms with Crippen molar-refractivity contribution in [3.63, 3.8) is 0 Å². The highest BCUT2D eigenvalue weighted by Gasteiger charge is 2.48. The summed E-state index contributed by atoms with van der Waals surface area (Å²) in [7, 11) is 0. The summed E-state index contributed by atoms with van der Waals surface area (Å²) in [5.41, 5.74) is 0. The Bertz CT molecular complexity index is 508. The SMILES string of the molecule is OC1OC[C@@H](O[C@@H]2OC[C@@H](O)[C@H](O[C@@H]3OC[C@@H](O)[C@H](O)[C@H]3O)[C@H]2O)[C@H](O)[C@H]1O. The molecule has 13 heteroatoms. The zero-order valence-electron chi connectivity index (χ0n) is 14.7. The van der Waals surface area contributed by atoms with Crippen molar-refractivity contribution in [1.29, 1.82) is 0 Å². The predicted octanol–water partition coefficient (Wildman–Crippen LogP) is -5.66. The van der Waals surface area contributed by atoms with Crippen molar-refractivity contribution >= 4 is 0 Å². The molecule has 0 aromatic rings. The largest absolute Gasteiger partial charge is 0.388 e. The van der Waals surface area contributed by atoms with Gasteiger partial charge in [-0.25, -0.2) is 0 Å². The first-order valence-corrected chi connectivity index (χ1v) is 8.81. The number of hydrogen-bond acceptors (Lipinski definition) is 13. The highest BCUT2D eigenvalue weighted by atomic mass is 16.7. The first-order chi connectivity index (χ1) is 13.2. The molecule has 3 fully saturated rings. The van der Waals surface area contributed by atoms with Gasteiger partial charge in [0.15, 0.2) is 18.9 Å². The molecule has 28 heavy (non-hydrogen) atoms. The van der Waals surface area contributed by atoms with Crippen LogP contribution < -0.4 is 0 Å². The minimum absolute atomic E-state index is 0.297. The van der Waals surface area contributed by atoms with E-state index < -0.39 is 73.8 Å². The van der Waals surface area contributed by atoms with E-state index >= 15 is 0 Å². The Labute approximate surface area is 159 Å². The van der Waals surface area contributed by atoms with Crippen LogP contribution >= 0.6 is 0 Å². The zero-order valence-corrected chi connectivity index (χ0v) is 14.7. The molecule has 3 aliphatic heterocycles. The number of aliphatic hydroxyl groups excluding tert-OH is 8. The van der Waals surface area contributed by atoms with Crippen LogP contribution in [0.15, 0.2) is 0 Å². The van der Waals surface area contributed by atoms with E-state index in [1.807, 2.05) is 0 Å². The van der Waals surface area contributed by atoms with Gasteiger partial charge in [-0.3, -0.25) is 0 Å². The van der Waals surface area contributed by atoms with Gasteiger partial charge in [0, 0.05) is 0 Å². The van der Waals surface area contributed by atoms with Gasteiger partial charge in [-0.1, -0.05) is 0 Å². The molecule has 12 atom stereocenters. The van der Waals surface area contributed by atoms with Gasteiger partial charge in [0.25, 0.3) is 0 Å². The zero-order chi connectivity index (χ0) is 20.6. The lowest BCUT2D eigenvalue weighted by molar-refractivity contribution is -0.351. The van der Waals surface area contributed by atoms with Crippen molar-refractivity contribution in [3.05, 3.63) is 0 Å². The Hall–Kier alpha value is -0.520. The smallest absolute Gasteiger partial charge is 0.186 e. The number of ether oxygens (including phenoxy) is 5. The standard InChI is InChI=1S/C15H26O13/c16-4-1-25-14(10(21)7(4)18)28-12-5(17)2-26-15(11(12)22)27-6-3-24-13(23)9(20)8(6)19/h4-23H,1-3H2/t4-,5-,6-,7+,8+,9-,10-,11-,12+,13?,14+,15+/m1/s1. The lowest BCUT2D eigenvalue weighted by Gasteiger charge is -2.43. The maximum atomic E-state index is 10.5. The van der Waals surface area contributed by atoms with Crippen LogP contribution in [0.2, 0.25) is 0 Å². The second-order valence-electron chi connectivity index (χ2n) is 6.99. The third-order valence-electron chi connectivity index (χ3n) is 4.93. The fourth-order valence-corrected chi connectivity index (χ4v) is 3.19. The summed E-state index contributed by atoms with van der Waals surface area (Å²) in [6, 6.07) is 0. The summed E-state index contributed by atoms with van der Waals surface area (Å²) >= 11 is 0. The molecule has 164 valence electrons. The van der Waals surface area contributed by atoms with Gasteiger partial charge >= 0.3 is 0 Å². The van der Waals surface area contributed by atoms with E-state index in [9.17, 15) is 40.9 Å². The topological polar surface area (TPSA) is 208 Å². The summed E-state index contributed by atoms with van der Waals surface area (Å²) in [4.78, 5) is 0. The van der Waals surface area contributed by atoms with Gasteiger partial charge in [0.1, 0.15) is 54.9 Å². The molecule has 13 nitrogen and oxygen atoms in total. The maximum absolute atomic E-state index is 10.5. The van der Waals surface area contributed by atoms with E-state index in [1.54, 1.807) is 0 Å². The first kappa shape index (κ1) is 22.2. The second kappa shape index (κ2) is 9.09. The van der Waals surface area contributed by atoms with Crippen LogP contribution in [0, 0.1) is 0 Å². The Kier molecular flexibility index (Phi) is 7.20. The van der Waals surface area contributed by atoms with Crippen LogP contribution in [0.4, 0.5) is 0 Å². The van der Waals surface area contributed by atoms with Gasteiger partial charge in [-0.15, -0.1) is 0 Å². The molecule has 0 saturated carbocycles. The molecule has 0 bridgehead atoms. The summed E-state index contributed by atoms with van der Waals surface area (Å²) in [5.74, 6) is 0. The predicted molar refractivity (Wildman–Crippen MR) is 83.2 cm³/mol. The molecular weight excluding hydrogens is 388 g/mol. The molecular formula is C15H26O13. The van der Waals surface area contributed by atoms with Crippen molar-refractivity contribution in [2.75, 3.05) is 19.8 Å². The van der Waals surface area contributed by atoms with Crippen LogP contribution in [-0.2, 0) is 23.7 Å². The highest BCUT2D eigenvalue weighted by Crippen LogP contribution is 2.27. The third-order valence-corrected chi connectivity index (χ3v) is 4.93. The molecule has 0 amide bonds. The minimum atomic E-state index is -1.63. The Morgan fingerprint density at radius 2 is 1.14 bits per heavy atom. The summed E-state index contributed by atoms with van der Waals surface area (Å²) < 4.78 is 25.9. The van der Waals surface area contributed by atoms with E-state index in [-0.39, 0.29) is 19.8 Å². The average molecular weight is 414 g/mol. The molecule has 3 saturated heterocycles. The third kappa shape index (κ3) is 4.46. The molecule has 0 radical (unpaired) electrons. The van der Waals surface area contributed by atoms with Crippen molar-refractivity contribution in [2.24, 2.45) is 0 Å². The summed E-state index contributed by atoms with van der Waals surface area (Å²) in [6.45, 7) is -0.964. The summed E-state index contributed by atoms with van der Waals surface area (Å²) in [5, 5.41) is 78.6. The van der Waals surface area contributed by atoms with Gasteiger partial charge in [-0.05, 0) is 0 Å². The monoisotopic (exact) mass is 414 g/mol. The lowest BCUT2D eigenvalue weighted by Crippen LogP contribution is -2.62. The molecule has 0 aromatic carbocycles. The van der Waals surface area contributed by atoms with E-state index in [2.05, 4.69) is 0 Å². The second-order valence-corrected chi connectivity index (χ2v) is 6.99. The Morgan fingerprint density at radius 1 is 0.536 bits per heavy atom. The maximum Gasteiger partial charge on any atom is 0.186 e. The normalized spacial score (nSPS) is 53.1. The van der Waals surface area contributed by atoms with E-state index in [4.69, 9.17) is 23.7 Å². The first-order valence-electron chi connectivity index (χ1n) is 8.81. The molecule has 3 rings (SSSR count). The van der Waals surface area contributed by atoms with E-state index in [1.165, 1.54) is 0 Å². The van der Waals surface area contributed by atoms with Crippen LogP contribution in [0.3, 0.4) is 0 Å².